The van der Waals surface area contributed by atoms with Crippen LogP contribution in [-0.2, 0) is 11.3 Å². The second-order valence-corrected chi connectivity index (χ2v) is 6.45. The highest BCUT2D eigenvalue weighted by Gasteiger charge is 2.25. The van der Waals surface area contributed by atoms with Crippen LogP contribution in [-0.4, -0.2) is 61.0 Å². The largest absolute Gasteiger partial charge is 0.357 e. The summed E-state index contributed by atoms with van der Waals surface area (Å²) < 4.78 is 0. The molecular formula is C19H33IN6O. The average Bonchev–Trinajstić information content (AvgIpc) is 3.15. The van der Waals surface area contributed by atoms with Crippen LogP contribution in [0.4, 0.5) is 5.82 Å². The first-order valence-electron chi connectivity index (χ1n) is 9.56. The summed E-state index contributed by atoms with van der Waals surface area (Å²) >= 11 is 0. The fourth-order valence-electron chi connectivity index (χ4n) is 3.16. The van der Waals surface area contributed by atoms with Gasteiger partial charge in [-0.3, -0.25) is 9.79 Å². The number of nitrogens with one attached hydrogen (secondary N) is 2. The quantitative estimate of drug-likeness (QED) is 0.350. The summed E-state index contributed by atoms with van der Waals surface area (Å²) in [4.78, 5) is 24.8. The molecule has 7 nitrogen and oxygen atoms in total. The zero-order valence-corrected chi connectivity index (χ0v) is 19.2. The second kappa shape index (κ2) is 12.0. The Kier molecular flexibility index (Phi) is 10.4. The van der Waals surface area contributed by atoms with Crippen molar-refractivity contribution >= 4 is 41.7 Å². The van der Waals surface area contributed by atoms with Crippen molar-refractivity contribution in [3.8, 4) is 0 Å². The molecule has 1 aromatic rings. The standard InChI is InChI=1S/C19H32N6O.HI/c1-5-18(26)25-11-10-16(14-25)23-19(20-4)22-13-15-8-9-17(21-12-15)24(6-2)7-3;/h8-9,12,16H,5-7,10-11,13-14H2,1-4H3,(H2,20,22,23);1H. The maximum atomic E-state index is 11.8. The van der Waals surface area contributed by atoms with Gasteiger partial charge >= 0.3 is 0 Å². The van der Waals surface area contributed by atoms with Crippen LogP contribution in [0, 0.1) is 0 Å². The number of rotatable bonds is 7. The van der Waals surface area contributed by atoms with Crippen LogP contribution in [0.2, 0.25) is 0 Å². The van der Waals surface area contributed by atoms with Gasteiger partial charge in [0.05, 0.1) is 0 Å². The zero-order chi connectivity index (χ0) is 18.9. The third-order valence-electron chi connectivity index (χ3n) is 4.76. The average molecular weight is 488 g/mol. The minimum absolute atomic E-state index is 0. The number of nitrogens with zero attached hydrogens (tertiary/aromatic N) is 4. The Bertz CT molecular complexity index is 603. The first-order chi connectivity index (χ1) is 12.6. The van der Waals surface area contributed by atoms with E-state index in [0.717, 1.165) is 49.9 Å². The summed E-state index contributed by atoms with van der Waals surface area (Å²) in [5.41, 5.74) is 1.11. The zero-order valence-electron chi connectivity index (χ0n) is 16.9. The van der Waals surface area contributed by atoms with Gasteiger partial charge in [0.15, 0.2) is 5.96 Å². The van der Waals surface area contributed by atoms with Crippen molar-refractivity contribution in [3.05, 3.63) is 23.9 Å². The number of guanidine groups is 1. The van der Waals surface area contributed by atoms with E-state index in [-0.39, 0.29) is 35.9 Å². The monoisotopic (exact) mass is 488 g/mol. The Hall–Kier alpha value is -1.58. The normalized spacial score (nSPS) is 16.7. The molecule has 2 N–H and O–H groups in total. The van der Waals surface area contributed by atoms with Crippen molar-refractivity contribution in [2.24, 2.45) is 4.99 Å². The summed E-state index contributed by atoms with van der Waals surface area (Å²) in [5.74, 6) is 1.98. The molecule has 0 saturated carbocycles. The van der Waals surface area contributed by atoms with Gasteiger partial charge in [0.2, 0.25) is 5.91 Å². The van der Waals surface area contributed by atoms with Gasteiger partial charge in [-0.15, -0.1) is 24.0 Å². The highest BCUT2D eigenvalue weighted by Crippen LogP contribution is 2.12. The maximum Gasteiger partial charge on any atom is 0.222 e. The fraction of sp³-hybridized carbons (Fsp3) is 0.632. The molecule has 0 spiro atoms. The molecule has 0 bridgehead atoms. The van der Waals surface area contributed by atoms with Crippen molar-refractivity contribution < 1.29 is 4.79 Å². The van der Waals surface area contributed by atoms with E-state index in [4.69, 9.17) is 0 Å². The SMILES string of the molecule is CCC(=O)N1CCC(NC(=NC)NCc2ccc(N(CC)CC)nc2)C1.I. The lowest BCUT2D eigenvalue weighted by Gasteiger charge is -2.20. The van der Waals surface area contributed by atoms with Gasteiger partial charge in [-0.1, -0.05) is 13.0 Å². The molecule has 1 aliphatic rings. The number of amides is 1. The number of hydrogen-bond acceptors (Lipinski definition) is 4. The Morgan fingerprint density at radius 1 is 1.33 bits per heavy atom. The molecule has 1 unspecified atom stereocenters. The molecule has 1 fully saturated rings. The minimum atomic E-state index is 0. The minimum Gasteiger partial charge on any atom is -0.357 e. The predicted molar refractivity (Wildman–Crippen MR) is 122 cm³/mol. The van der Waals surface area contributed by atoms with Gasteiger partial charge in [0, 0.05) is 58.4 Å². The molecule has 0 aromatic carbocycles. The number of carbonyl (C=O) groups is 1. The van der Waals surface area contributed by atoms with E-state index >= 15 is 0 Å². The van der Waals surface area contributed by atoms with Crippen molar-refractivity contribution in [1.82, 2.24) is 20.5 Å². The van der Waals surface area contributed by atoms with Gasteiger partial charge in [-0.25, -0.2) is 4.98 Å². The lowest BCUT2D eigenvalue weighted by atomic mass is 10.2. The summed E-state index contributed by atoms with van der Waals surface area (Å²) in [7, 11) is 1.76. The van der Waals surface area contributed by atoms with Crippen LogP contribution in [0.15, 0.2) is 23.3 Å². The summed E-state index contributed by atoms with van der Waals surface area (Å²) in [6.45, 7) is 10.3. The number of halogens is 1. The van der Waals surface area contributed by atoms with E-state index in [1.165, 1.54) is 0 Å². The Labute approximate surface area is 180 Å². The van der Waals surface area contributed by atoms with Crippen LogP contribution in [0.1, 0.15) is 39.2 Å². The third-order valence-corrected chi connectivity index (χ3v) is 4.76. The van der Waals surface area contributed by atoms with Crippen LogP contribution in [0.3, 0.4) is 0 Å². The Morgan fingerprint density at radius 3 is 2.63 bits per heavy atom. The summed E-state index contributed by atoms with van der Waals surface area (Å²) in [6, 6.07) is 4.41. The van der Waals surface area contributed by atoms with E-state index in [1.54, 1.807) is 7.05 Å². The predicted octanol–water partition coefficient (Wildman–Crippen LogP) is 2.22. The van der Waals surface area contributed by atoms with Crippen LogP contribution in [0.25, 0.3) is 0 Å². The fourth-order valence-corrected chi connectivity index (χ4v) is 3.16. The van der Waals surface area contributed by atoms with Crippen molar-refractivity contribution in [2.45, 2.75) is 46.2 Å². The first kappa shape index (κ1) is 23.5. The molecule has 1 atom stereocenters. The summed E-state index contributed by atoms with van der Waals surface area (Å²) in [5, 5.41) is 6.74. The van der Waals surface area contributed by atoms with Crippen molar-refractivity contribution in [2.75, 3.05) is 38.1 Å². The maximum absolute atomic E-state index is 11.8. The van der Waals surface area contributed by atoms with E-state index in [0.29, 0.717) is 13.0 Å². The Morgan fingerprint density at radius 2 is 2.07 bits per heavy atom. The molecular weight excluding hydrogens is 455 g/mol. The van der Waals surface area contributed by atoms with E-state index in [2.05, 4.69) is 51.5 Å². The second-order valence-electron chi connectivity index (χ2n) is 6.45. The number of anilines is 1. The highest BCUT2D eigenvalue weighted by atomic mass is 127. The molecule has 2 rings (SSSR count). The van der Waals surface area contributed by atoms with E-state index in [9.17, 15) is 4.79 Å². The van der Waals surface area contributed by atoms with Crippen LogP contribution < -0.4 is 15.5 Å². The van der Waals surface area contributed by atoms with Gasteiger partial charge in [0.1, 0.15) is 5.82 Å². The Balaban J connectivity index is 0.00000364. The number of aliphatic imine (C=N–C) groups is 1. The molecule has 0 radical (unpaired) electrons. The number of likely N-dealkylation sites (tertiary alicyclic amines) is 1. The topological polar surface area (TPSA) is 72.9 Å². The smallest absolute Gasteiger partial charge is 0.222 e. The van der Waals surface area contributed by atoms with E-state index in [1.807, 2.05) is 18.0 Å². The molecule has 1 saturated heterocycles. The van der Waals surface area contributed by atoms with Crippen molar-refractivity contribution in [3.63, 3.8) is 0 Å². The lowest BCUT2D eigenvalue weighted by Crippen LogP contribution is -2.44. The number of hydrogen-bond donors (Lipinski definition) is 2. The van der Waals surface area contributed by atoms with Crippen LogP contribution in [0.5, 0.6) is 0 Å². The molecule has 2 heterocycles. The molecule has 152 valence electrons. The van der Waals surface area contributed by atoms with Gasteiger partial charge in [-0.2, -0.15) is 0 Å². The molecule has 8 heteroatoms. The lowest BCUT2D eigenvalue weighted by molar-refractivity contribution is -0.129. The van der Waals surface area contributed by atoms with Gasteiger partial charge in [0.25, 0.3) is 0 Å². The van der Waals surface area contributed by atoms with Gasteiger partial charge < -0.3 is 20.4 Å². The first-order valence-corrected chi connectivity index (χ1v) is 9.56. The molecule has 0 aliphatic carbocycles. The number of aromatic nitrogens is 1. The molecule has 1 aromatic heterocycles. The third kappa shape index (κ3) is 6.82. The number of pyridine rings is 1. The molecule has 1 aliphatic heterocycles. The molecule has 27 heavy (non-hydrogen) atoms. The van der Waals surface area contributed by atoms with Crippen LogP contribution >= 0.6 is 24.0 Å². The summed E-state index contributed by atoms with van der Waals surface area (Å²) in [6.07, 6.45) is 3.42. The number of carbonyl (C=O) groups excluding carboxylic acids is 1. The highest BCUT2D eigenvalue weighted by molar-refractivity contribution is 14.0. The van der Waals surface area contributed by atoms with E-state index < -0.39 is 0 Å². The van der Waals surface area contributed by atoms with Crippen molar-refractivity contribution in [1.29, 1.82) is 0 Å². The molecule has 1 amide bonds. The van der Waals surface area contributed by atoms with Gasteiger partial charge in [-0.05, 0) is 31.9 Å².